The van der Waals surface area contributed by atoms with Gasteiger partial charge in [0, 0.05) is 42.0 Å². The van der Waals surface area contributed by atoms with Gasteiger partial charge < -0.3 is 20.8 Å². The van der Waals surface area contributed by atoms with E-state index in [0.717, 1.165) is 16.7 Å². The normalized spacial score (nSPS) is 17.9. The Hall–Kier alpha value is -2.58. The molecule has 2 fully saturated rings. The first-order valence-corrected chi connectivity index (χ1v) is 12.9. The Morgan fingerprint density at radius 1 is 1.00 bits per heavy atom. The number of amides is 1. The van der Waals surface area contributed by atoms with Gasteiger partial charge in [0.05, 0.1) is 5.52 Å². The first kappa shape index (κ1) is 27.0. The molecule has 0 saturated heterocycles. The predicted octanol–water partition coefficient (Wildman–Crippen LogP) is 5.19. The van der Waals surface area contributed by atoms with Gasteiger partial charge in [-0.15, -0.1) is 0 Å². The molecule has 1 atom stereocenters. The minimum atomic E-state index is -1.20. The molecule has 2 saturated carbocycles. The number of carboxylic acid groups (broad SMARTS) is 2. The van der Waals surface area contributed by atoms with Crippen LogP contribution in [0.2, 0.25) is 5.02 Å². The van der Waals surface area contributed by atoms with Crippen molar-refractivity contribution >= 4 is 40.5 Å². The smallest absolute Gasteiger partial charge is 0.416 e. The maximum Gasteiger partial charge on any atom is 0.416 e. The summed E-state index contributed by atoms with van der Waals surface area (Å²) in [7, 11) is 0. The van der Waals surface area contributed by atoms with Gasteiger partial charge in [-0.2, -0.15) is 0 Å². The number of aliphatic carboxylic acids is 1. The third-order valence-electron chi connectivity index (χ3n) is 6.84. The molecule has 192 valence electrons. The number of carbonyl (C=O) groups is 3. The van der Waals surface area contributed by atoms with E-state index < -0.39 is 24.0 Å². The van der Waals surface area contributed by atoms with Crippen molar-refractivity contribution in [2.75, 3.05) is 0 Å². The van der Waals surface area contributed by atoms with E-state index in [1.165, 1.54) is 77.3 Å². The van der Waals surface area contributed by atoms with Crippen LogP contribution < -0.4 is 10.6 Å². The van der Waals surface area contributed by atoms with Crippen molar-refractivity contribution < 1.29 is 24.6 Å². The molecule has 2 aliphatic rings. The average molecular weight is 506 g/mol. The summed E-state index contributed by atoms with van der Waals surface area (Å²) in [6.45, 7) is 1.22. The second-order valence-corrected chi connectivity index (χ2v) is 10.0. The van der Waals surface area contributed by atoms with Crippen molar-refractivity contribution in [1.82, 2.24) is 15.2 Å². The van der Waals surface area contributed by atoms with Crippen LogP contribution in [0, 0.1) is 0 Å². The fourth-order valence-electron chi connectivity index (χ4n) is 5.13. The number of benzene rings is 1. The molecule has 4 rings (SSSR count). The number of nitrogens with zero attached hydrogens (tertiary/aromatic N) is 1. The molecule has 8 nitrogen and oxygen atoms in total. The van der Waals surface area contributed by atoms with Gasteiger partial charge in [0.25, 0.3) is 0 Å². The Labute approximate surface area is 211 Å². The number of hydrogen-bond acceptors (Lipinski definition) is 4. The van der Waals surface area contributed by atoms with E-state index in [9.17, 15) is 19.5 Å². The largest absolute Gasteiger partial charge is 0.480 e. The summed E-state index contributed by atoms with van der Waals surface area (Å²) in [5.41, 5.74) is 0.875. The van der Waals surface area contributed by atoms with Crippen molar-refractivity contribution in [3.05, 3.63) is 35.0 Å². The maximum atomic E-state index is 11.3. The van der Waals surface area contributed by atoms with E-state index in [4.69, 9.17) is 16.7 Å². The zero-order chi connectivity index (χ0) is 25.4. The summed E-state index contributed by atoms with van der Waals surface area (Å²) in [5.74, 6) is -1.68. The number of hydrogen-bond donors (Lipinski definition) is 4. The second-order valence-electron chi connectivity index (χ2n) is 9.60. The van der Waals surface area contributed by atoms with Gasteiger partial charge >= 0.3 is 12.1 Å². The highest BCUT2D eigenvalue weighted by Gasteiger charge is 2.23. The monoisotopic (exact) mass is 505 g/mol. The van der Waals surface area contributed by atoms with Crippen LogP contribution in [-0.2, 0) is 16.0 Å². The van der Waals surface area contributed by atoms with Crippen LogP contribution in [0.25, 0.3) is 10.9 Å². The first-order valence-electron chi connectivity index (χ1n) is 12.5. The van der Waals surface area contributed by atoms with E-state index in [0.29, 0.717) is 21.5 Å². The highest BCUT2D eigenvalue weighted by molar-refractivity contribution is 6.31. The van der Waals surface area contributed by atoms with Crippen molar-refractivity contribution in [2.24, 2.45) is 0 Å². The Kier molecular flexibility index (Phi) is 9.98. The fourth-order valence-corrected chi connectivity index (χ4v) is 5.30. The summed E-state index contributed by atoms with van der Waals surface area (Å²) in [6, 6.07) is 5.26. The summed E-state index contributed by atoms with van der Waals surface area (Å²) < 4.78 is 0.994. The van der Waals surface area contributed by atoms with E-state index in [2.05, 4.69) is 10.6 Å². The lowest BCUT2D eigenvalue weighted by molar-refractivity contribution is -0.141. The molecule has 4 N–H and O–H groups in total. The molecule has 1 aromatic heterocycles. The lowest BCUT2D eigenvalue weighted by atomic mass is 9.91. The highest BCUT2D eigenvalue weighted by atomic mass is 35.5. The Morgan fingerprint density at radius 3 is 2.06 bits per heavy atom. The molecule has 9 heteroatoms. The minimum Gasteiger partial charge on any atom is -0.480 e. The fraction of sp³-hybridized carbons (Fsp3) is 0.577. The van der Waals surface area contributed by atoms with Gasteiger partial charge in [0.2, 0.25) is 5.91 Å². The molecular weight excluding hydrogens is 470 g/mol. The van der Waals surface area contributed by atoms with Crippen LogP contribution in [0.4, 0.5) is 4.79 Å². The molecule has 0 radical (unpaired) electrons. The third kappa shape index (κ3) is 7.97. The number of carboxylic acids is 1. The molecule has 35 heavy (non-hydrogen) atoms. The van der Waals surface area contributed by atoms with Crippen molar-refractivity contribution in [1.29, 1.82) is 0 Å². The van der Waals surface area contributed by atoms with Crippen LogP contribution in [0.15, 0.2) is 24.4 Å². The third-order valence-corrected chi connectivity index (χ3v) is 7.07. The number of fused-ring (bicyclic) bond motifs is 1. The Morgan fingerprint density at radius 2 is 1.57 bits per heavy atom. The summed E-state index contributed by atoms with van der Waals surface area (Å²) in [5, 5.41) is 25.5. The molecule has 0 aliphatic heterocycles. The number of halogens is 1. The number of nitrogens with one attached hydrogen (secondary N) is 2. The lowest BCUT2D eigenvalue weighted by Gasteiger charge is -2.30. The molecular formula is C26H36ClN3O5. The topological polar surface area (TPSA) is 121 Å². The minimum absolute atomic E-state index is 0.0496. The molecule has 1 amide bonds. The first-order chi connectivity index (χ1) is 16.7. The van der Waals surface area contributed by atoms with Gasteiger partial charge in [0.1, 0.15) is 6.04 Å². The molecule has 1 unspecified atom stereocenters. The number of aromatic nitrogens is 1. The Bertz CT molecular complexity index is 1010. The van der Waals surface area contributed by atoms with Crippen molar-refractivity contribution in [2.45, 2.75) is 95.7 Å². The van der Waals surface area contributed by atoms with Gasteiger partial charge in [0.15, 0.2) is 0 Å². The second kappa shape index (κ2) is 12.9. The highest BCUT2D eigenvalue weighted by Crippen LogP contribution is 2.26. The standard InChI is InChI=1S/C14H13ClN2O5.C12H23N/c1-7(18)16-11(13(19)20)4-8-6-17(14(21)22)12-3-2-9(15)5-10(8)12;1-3-7-11(8-4-1)13-12-9-5-2-6-10-12/h2-3,5-6,11H,4H2,1H3,(H,16,18)(H,19,20)(H,21,22);11-13H,1-10H2. The van der Waals surface area contributed by atoms with E-state index in [-0.39, 0.29) is 6.42 Å². The van der Waals surface area contributed by atoms with Crippen LogP contribution >= 0.6 is 11.6 Å². The summed E-state index contributed by atoms with van der Waals surface area (Å²) in [6.07, 6.45) is 14.7. The van der Waals surface area contributed by atoms with Gasteiger partial charge in [-0.1, -0.05) is 50.1 Å². The quantitative estimate of drug-likeness (QED) is 0.428. The molecule has 2 aliphatic carbocycles. The molecule has 1 aromatic carbocycles. The van der Waals surface area contributed by atoms with Crippen LogP contribution in [0.1, 0.15) is 76.7 Å². The molecule has 0 spiro atoms. The van der Waals surface area contributed by atoms with Gasteiger partial charge in [-0.3, -0.25) is 9.36 Å². The van der Waals surface area contributed by atoms with E-state index >= 15 is 0 Å². The molecule has 2 aromatic rings. The van der Waals surface area contributed by atoms with Crippen molar-refractivity contribution in [3.63, 3.8) is 0 Å². The lowest BCUT2D eigenvalue weighted by Crippen LogP contribution is -2.41. The zero-order valence-electron chi connectivity index (χ0n) is 20.3. The summed E-state index contributed by atoms with van der Waals surface area (Å²) in [4.78, 5) is 33.6. The van der Waals surface area contributed by atoms with Crippen LogP contribution in [0.3, 0.4) is 0 Å². The predicted molar refractivity (Wildman–Crippen MR) is 136 cm³/mol. The SMILES string of the molecule is C1CCC(NC2CCCCC2)CC1.CC(=O)NC(Cc1cn(C(=O)O)c2ccc(Cl)cc12)C(=O)O. The zero-order valence-corrected chi connectivity index (χ0v) is 21.0. The van der Waals surface area contributed by atoms with Crippen LogP contribution in [-0.4, -0.2) is 50.9 Å². The molecule has 1 heterocycles. The van der Waals surface area contributed by atoms with Crippen LogP contribution in [0.5, 0.6) is 0 Å². The van der Waals surface area contributed by atoms with Crippen molar-refractivity contribution in [3.8, 4) is 0 Å². The summed E-state index contributed by atoms with van der Waals surface area (Å²) >= 11 is 5.92. The van der Waals surface area contributed by atoms with Gasteiger partial charge in [-0.05, 0) is 49.4 Å². The van der Waals surface area contributed by atoms with E-state index in [1.54, 1.807) is 18.2 Å². The van der Waals surface area contributed by atoms with Gasteiger partial charge in [-0.25, -0.2) is 9.59 Å². The Balaban J connectivity index is 0.000000223. The van der Waals surface area contributed by atoms with E-state index in [1.807, 2.05) is 0 Å². The number of carbonyl (C=O) groups excluding carboxylic acids is 1. The number of rotatable bonds is 6. The molecule has 0 bridgehead atoms. The maximum absolute atomic E-state index is 11.3. The average Bonchev–Trinajstić information content (AvgIpc) is 3.18.